The molecular formula is C34H29NOS. The number of para-hydroxylation sites is 2. The number of aryl methyl sites for hydroxylation is 1. The fourth-order valence-electron chi connectivity index (χ4n) is 6.52. The van der Waals surface area contributed by atoms with Gasteiger partial charge >= 0.3 is 0 Å². The minimum absolute atomic E-state index is 0.681. The van der Waals surface area contributed by atoms with Crippen LogP contribution in [0.1, 0.15) is 43.7 Å². The van der Waals surface area contributed by atoms with Crippen molar-refractivity contribution in [2.24, 2.45) is 17.8 Å². The highest BCUT2D eigenvalue weighted by atomic mass is 32.1. The zero-order chi connectivity index (χ0) is 24.7. The van der Waals surface area contributed by atoms with Crippen LogP contribution in [-0.2, 0) is 6.42 Å². The average molecular weight is 500 g/mol. The van der Waals surface area contributed by atoms with E-state index in [1.54, 1.807) is 0 Å². The first kappa shape index (κ1) is 21.6. The lowest BCUT2D eigenvalue weighted by atomic mass is 9.92. The molecule has 182 valence electrons. The lowest BCUT2D eigenvalue weighted by molar-refractivity contribution is 0.607. The van der Waals surface area contributed by atoms with E-state index in [1.165, 1.54) is 55.3 Å². The largest absolute Gasteiger partial charge is 0.436 e. The van der Waals surface area contributed by atoms with E-state index in [0.717, 1.165) is 46.8 Å². The zero-order valence-electron chi connectivity index (χ0n) is 21.2. The molecule has 0 bridgehead atoms. The molecule has 4 aromatic carbocycles. The molecule has 2 aliphatic rings. The van der Waals surface area contributed by atoms with Crippen molar-refractivity contribution in [3.8, 4) is 22.6 Å². The van der Waals surface area contributed by atoms with Gasteiger partial charge in [-0.05, 0) is 107 Å². The summed E-state index contributed by atoms with van der Waals surface area (Å²) < 4.78 is 8.83. The maximum Gasteiger partial charge on any atom is 0.227 e. The Labute approximate surface area is 221 Å². The summed E-state index contributed by atoms with van der Waals surface area (Å²) in [4.78, 5) is 4.69. The molecule has 2 atom stereocenters. The van der Waals surface area contributed by atoms with Crippen LogP contribution in [0.25, 0.3) is 53.9 Å². The molecule has 0 saturated heterocycles. The monoisotopic (exact) mass is 499 g/mol. The van der Waals surface area contributed by atoms with Crippen molar-refractivity contribution in [1.29, 1.82) is 0 Å². The Hall–Kier alpha value is -3.43. The van der Waals surface area contributed by atoms with Gasteiger partial charge in [0, 0.05) is 25.7 Å². The number of hydrogen-bond acceptors (Lipinski definition) is 3. The van der Waals surface area contributed by atoms with Crippen molar-refractivity contribution in [3.63, 3.8) is 0 Å². The number of aromatic nitrogens is 1. The Kier molecular flexibility index (Phi) is 4.70. The number of fused-ring (bicyclic) bond motifs is 5. The number of benzene rings is 4. The Balaban J connectivity index is 1.25. The quantitative estimate of drug-likeness (QED) is 0.228. The number of hydrogen-bond donors (Lipinski definition) is 0. The molecule has 6 aromatic rings. The predicted octanol–water partition coefficient (Wildman–Crippen LogP) is 9.85. The summed E-state index contributed by atoms with van der Waals surface area (Å²) in [5, 5.41) is 2.87. The third-order valence-electron chi connectivity index (χ3n) is 8.80. The number of oxazole rings is 1. The van der Waals surface area contributed by atoms with Gasteiger partial charge in [-0.2, -0.15) is 0 Å². The van der Waals surface area contributed by atoms with Gasteiger partial charge in [0.05, 0.1) is 0 Å². The lowest BCUT2D eigenvalue weighted by Crippen LogP contribution is -1.96. The molecule has 37 heavy (non-hydrogen) atoms. The van der Waals surface area contributed by atoms with Gasteiger partial charge in [0.2, 0.25) is 5.89 Å². The van der Waals surface area contributed by atoms with Crippen LogP contribution in [0, 0.1) is 17.8 Å². The number of unbranched alkanes of at least 4 members (excludes halogenated alkanes) is 1. The van der Waals surface area contributed by atoms with Crippen molar-refractivity contribution >= 4 is 42.6 Å². The van der Waals surface area contributed by atoms with Gasteiger partial charge in [0.25, 0.3) is 0 Å². The molecule has 0 radical (unpaired) electrons. The first-order chi connectivity index (χ1) is 18.2. The summed E-state index contributed by atoms with van der Waals surface area (Å²) in [6, 6.07) is 28.9. The molecule has 0 aliphatic heterocycles. The highest BCUT2D eigenvalue weighted by Crippen LogP contribution is 2.77. The molecule has 3 heteroatoms. The van der Waals surface area contributed by atoms with E-state index in [4.69, 9.17) is 9.40 Å². The SMILES string of the molecule is CCCCc1ccc2sc3c(-c4ccc(-c5nc6ccccc6o5)cc4)cc(C4C5C(C)C45)cc3c2c1. The zero-order valence-corrected chi connectivity index (χ0v) is 22.0. The fraction of sp³-hybridized carbons (Fsp3) is 0.265. The first-order valence-corrected chi connectivity index (χ1v) is 14.5. The number of nitrogens with zero attached hydrogens (tertiary/aromatic N) is 1. The van der Waals surface area contributed by atoms with Crippen LogP contribution >= 0.6 is 11.3 Å². The smallest absolute Gasteiger partial charge is 0.227 e. The van der Waals surface area contributed by atoms with Crippen LogP contribution in [0.5, 0.6) is 0 Å². The van der Waals surface area contributed by atoms with Gasteiger partial charge in [-0.15, -0.1) is 11.3 Å². The number of rotatable bonds is 6. The summed E-state index contributed by atoms with van der Waals surface area (Å²) in [5.74, 6) is 4.18. The van der Waals surface area contributed by atoms with E-state index < -0.39 is 0 Å². The van der Waals surface area contributed by atoms with Gasteiger partial charge in [-0.1, -0.05) is 50.6 Å². The van der Waals surface area contributed by atoms with E-state index in [1.807, 2.05) is 35.6 Å². The average Bonchev–Trinajstić information content (AvgIpc) is 3.72. The minimum Gasteiger partial charge on any atom is -0.436 e. The second-order valence-corrected chi connectivity index (χ2v) is 12.1. The Morgan fingerprint density at radius 1 is 0.865 bits per heavy atom. The van der Waals surface area contributed by atoms with Crippen LogP contribution in [-0.4, -0.2) is 4.98 Å². The molecule has 8 rings (SSSR count). The molecule has 2 nitrogen and oxygen atoms in total. The van der Waals surface area contributed by atoms with Crippen LogP contribution in [0.4, 0.5) is 0 Å². The van der Waals surface area contributed by atoms with Gasteiger partial charge in [0.1, 0.15) is 5.52 Å². The van der Waals surface area contributed by atoms with Crippen LogP contribution < -0.4 is 0 Å². The summed E-state index contributed by atoms with van der Waals surface area (Å²) >= 11 is 1.94. The summed E-state index contributed by atoms with van der Waals surface area (Å²) in [5.41, 5.74) is 8.39. The highest BCUT2D eigenvalue weighted by molar-refractivity contribution is 7.26. The maximum atomic E-state index is 6.03. The van der Waals surface area contributed by atoms with Crippen molar-refractivity contribution < 1.29 is 4.42 Å². The summed E-state index contributed by atoms with van der Waals surface area (Å²) in [6.07, 6.45) is 3.65. The van der Waals surface area contributed by atoms with Crippen molar-refractivity contribution in [2.45, 2.75) is 39.0 Å². The molecule has 2 aliphatic carbocycles. The van der Waals surface area contributed by atoms with Crippen LogP contribution in [0.2, 0.25) is 0 Å². The van der Waals surface area contributed by atoms with E-state index in [-0.39, 0.29) is 0 Å². The molecule has 2 unspecified atom stereocenters. The molecule has 2 saturated carbocycles. The van der Waals surface area contributed by atoms with Crippen molar-refractivity contribution in [2.75, 3.05) is 0 Å². The highest BCUT2D eigenvalue weighted by Gasteiger charge is 2.70. The van der Waals surface area contributed by atoms with Gasteiger partial charge < -0.3 is 4.42 Å². The van der Waals surface area contributed by atoms with Gasteiger partial charge in [-0.3, -0.25) is 0 Å². The molecule has 2 heterocycles. The molecule has 0 spiro atoms. The van der Waals surface area contributed by atoms with E-state index in [0.29, 0.717) is 5.89 Å². The molecule has 0 N–H and O–H groups in total. The Morgan fingerprint density at radius 2 is 1.68 bits per heavy atom. The third-order valence-corrected chi connectivity index (χ3v) is 10.0. The third kappa shape index (κ3) is 3.40. The summed E-state index contributed by atoms with van der Waals surface area (Å²) in [6.45, 7) is 4.69. The van der Waals surface area contributed by atoms with E-state index in [9.17, 15) is 0 Å². The topological polar surface area (TPSA) is 26.0 Å². The van der Waals surface area contributed by atoms with E-state index >= 15 is 0 Å². The maximum absolute atomic E-state index is 6.03. The molecular weight excluding hydrogens is 470 g/mol. The second kappa shape index (κ2) is 8.03. The van der Waals surface area contributed by atoms with Gasteiger partial charge in [0.15, 0.2) is 5.58 Å². The second-order valence-electron chi connectivity index (χ2n) is 11.1. The van der Waals surface area contributed by atoms with Crippen molar-refractivity contribution in [3.05, 3.63) is 90.0 Å². The van der Waals surface area contributed by atoms with E-state index in [2.05, 4.69) is 68.4 Å². The van der Waals surface area contributed by atoms with Gasteiger partial charge in [-0.25, -0.2) is 4.98 Å². The van der Waals surface area contributed by atoms with Crippen LogP contribution in [0.3, 0.4) is 0 Å². The number of thiophene rings is 1. The lowest BCUT2D eigenvalue weighted by Gasteiger charge is -2.13. The normalized spacial score (nSPS) is 22.1. The van der Waals surface area contributed by atoms with Crippen molar-refractivity contribution in [1.82, 2.24) is 4.98 Å². The predicted molar refractivity (Wildman–Crippen MR) is 155 cm³/mol. The molecule has 2 fully saturated rings. The molecule has 0 amide bonds. The molecule has 2 aromatic heterocycles. The van der Waals surface area contributed by atoms with Crippen LogP contribution in [0.15, 0.2) is 83.3 Å². The Bertz CT molecular complexity index is 1760. The standard InChI is InChI=1S/C34H29NOS/c1-3-4-7-20-10-15-29-25(16-20)26-18-23(32-30-19(2)31(30)32)17-24(33(26)37-29)21-11-13-22(14-12-21)34-35-27-8-5-6-9-28(27)36-34/h5-6,8-19,30-32H,3-4,7H2,1-2H3. The minimum atomic E-state index is 0.681. The summed E-state index contributed by atoms with van der Waals surface area (Å²) in [7, 11) is 0. The first-order valence-electron chi connectivity index (χ1n) is 13.6. The fourth-order valence-corrected chi connectivity index (χ4v) is 7.72. The Morgan fingerprint density at radius 3 is 2.46 bits per heavy atom.